The summed E-state index contributed by atoms with van der Waals surface area (Å²) in [6.07, 6.45) is 0.0675. The fourth-order valence-electron chi connectivity index (χ4n) is 0.679. The molecular formula is C6H10O3S. The van der Waals surface area contributed by atoms with Crippen molar-refractivity contribution < 1.29 is 14.2 Å². The van der Waals surface area contributed by atoms with Crippen molar-refractivity contribution in [3.8, 4) is 0 Å². The molecule has 3 nitrogen and oxygen atoms in total. The quantitative estimate of drug-likeness (QED) is 0.559. The number of ether oxygens (including phenoxy) is 3. The largest absolute Gasteiger partial charge is 0.485 e. The summed E-state index contributed by atoms with van der Waals surface area (Å²) in [6, 6.07) is 0. The van der Waals surface area contributed by atoms with Crippen LogP contribution in [-0.4, -0.2) is 31.2 Å². The van der Waals surface area contributed by atoms with Gasteiger partial charge in [-0.15, -0.1) is 0 Å². The topological polar surface area (TPSA) is 27.7 Å². The predicted octanol–water partition coefficient (Wildman–Crippen LogP) is 0.723. The van der Waals surface area contributed by atoms with Crippen molar-refractivity contribution in [2.75, 3.05) is 20.0 Å². The van der Waals surface area contributed by atoms with Crippen LogP contribution in [0.3, 0.4) is 0 Å². The minimum absolute atomic E-state index is 0.0675. The van der Waals surface area contributed by atoms with E-state index in [0.29, 0.717) is 25.1 Å². The van der Waals surface area contributed by atoms with Gasteiger partial charge < -0.3 is 14.2 Å². The molecule has 1 fully saturated rings. The van der Waals surface area contributed by atoms with Crippen molar-refractivity contribution in [1.82, 2.24) is 0 Å². The fraction of sp³-hybridized carbons (Fsp3) is 0.833. The van der Waals surface area contributed by atoms with E-state index in [9.17, 15) is 0 Å². The molecule has 0 aromatic carbocycles. The lowest BCUT2D eigenvalue weighted by Gasteiger charge is -2.07. The standard InChI is InChI=1S/C6H10O3S/c1-5(10)8-3-6-2-7-4-9-6/h6H,2-4H2,1H3. The molecule has 0 spiro atoms. The van der Waals surface area contributed by atoms with Crippen LogP contribution in [0.4, 0.5) is 0 Å². The molecule has 1 atom stereocenters. The van der Waals surface area contributed by atoms with Crippen molar-refractivity contribution in [2.24, 2.45) is 0 Å². The first-order valence-corrected chi connectivity index (χ1v) is 3.52. The molecule has 0 saturated carbocycles. The molecule has 4 heteroatoms. The van der Waals surface area contributed by atoms with E-state index in [0.717, 1.165) is 0 Å². The van der Waals surface area contributed by atoms with Gasteiger partial charge in [0.05, 0.1) is 6.61 Å². The van der Waals surface area contributed by atoms with Gasteiger partial charge in [0.15, 0.2) is 5.05 Å². The van der Waals surface area contributed by atoms with E-state index < -0.39 is 0 Å². The molecule has 0 N–H and O–H groups in total. The molecule has 1 aliphatic heterocycles. The van der Waals surface area contributed by atoms with Crippen molar-refractivity contribution in [3.63, 3.8) is 0 Å². The monoisotopic (exact) mass is 162 g/mol. The molecular weight excluding hydrogens is 152 g/mol. The Bertz CT molecular complexity index is 120. The first-order valence-electron chi connectivity index (χ1n) is 3.12. The maximum Gasteiger partial charge on any atom is 0.156 e. The van der Waals surface area contributed by atoms with Gasteiger partial charge in [0.1, 0.15) is 19.5 Å². The number of rotatable bonds is 2. The summed E-state index contributed by atoms with van der Waals surface area (Å²) in [5.41, 5.74) is 0. The molecule has 58 valence electrons. The van der Waals surface area contributed by atoms with Gasteiger partial charge in [0, 0.05) is 6.92 Å². The second-order valence-corrected chi connectivity index (χ2v) is 2.65. The van der Waals surface area contributed by atoms with Crippen LogP contribution >= 0.6 is 12.2 Å². The number of hydrogen-bond acceptors (Lipinski definition) is 4. The summed E-state index contributed by atoms with van der Waals surface area (Å²) in [5.74, 6) is 0. The van der Waals surface area contributed by atoms with E-state index in [1.54, 1.807) is 6.92 Å². The predicted molar refractivity (Wildman–Crippen MR) is 39.9 cm³/mol. The molecule has 10 heavy (non-hydrogen) atoms. The Morgan fingerprint density at radius 2 is 2.60 bits per heavy atom. The average molecular weight is 162 g/mol. The van der Waals surface area contributed by atoms with Crippen LogP contribution in [0.15, 0.2) is 0 Å². The lowest BCUT2D eigenvalue weighted by molar-refractivity contribution is 0.0306. The van der Waals surface area contributed by atoms with Crippen LogP contribution in [0.5, 0.6) is 0 Å². The Kier molecular flexibility index (Phi) is 3.05. The summed E-state index contributed by atoms with van der Waals surface area (Å²) in [4.78, 5) is 0. The van der Waals surface area contributed by atoms with Gasteiger partial charge >= 0.3 is 0 Å². The third kappa shape index (κ3) is 2.60. The minimum atomic E-state index is 0.0675. The third-order valence-corrected chi connectivity index (χ3v) is 1.28. The molecule has 0 aromatic rings. The first kappa shape index (κ1) is 7.91. The van der Waals surface area contributed by atoms with Crippen LogP contribution in [0.2, 0.25) is 0 Å². The Morgan fingerprint density at radius 3 is 3.10 bits per heavy atom. The molecule has 1 saturated heterocycles. The van der Waals surface area contributed by atoms with Crippen LogP contribution in [0.1, 0.15) is 6.92 Å². The fourth-order valence-corrected chi connectivity index (χ4v) is 0.747. The van der Waals surface area contributed by atoms with Crippen molar-refractivity contribution in [1.29, 1.82) is 0 Å². The molecule has 0 radical (unpaired) electrons. The lowest BCUT2D eigenvalue weighted by Crippen LogP contribution is -2.18. The zero-order valence-electron chi connectivity index (χ0n) is 5.83. The summed E-state index contributed by atoms with van der Waals surface area (Å²) >= 11 is 4.71. The highest BCUT2D eigenvalue weighted by Gasteiger charge is 2.16. The smallest absolute Gasteiger partial charge is 0.156 e. The summed E-state index contributed by atoms with van der Waals surface area (Å²) in [5, 5.41) is 0.551. The van der Waals surface area contributed by atoms with Crippen molar-refractivity contribution >= 4 is 17.3 Å². The minimum Gasteiger partial charge on any atom is -0.485 e. The number of thiocarbonyl (C=S) groups is 1. The third-order valence-electron chi connectivity index (χ3n) is 1.16. The van der Waals surface area contributed by atoms with Crippen molar-refractivity contribution in [3.05, 3.63) is 0 Å². The Morgan fingerprint density at radius 1 is 1.80 bits per heavy atom. The van der Waals surface area contributed by atoms with Gasteiger partial charge in [0.2, 0.25) is 0 Å². The molecule has 1 unspecified atom stereocenters. The Labute approximate surface area is 65.3 Å². The Hall–Kier alpha value is -0.190. The second-order valence-electron chi connectivity index (χ2n) is 2.08. The van der Waals surface area contributed by atoms with E-state index in [1.165, 1.54) is 0 Å². The van der Waals surface area contributed by atoms with Crippen LogP contribution in [0, 0.1) is 0 Å². The maximum atomic E-state index is 5.10. The van der Waals surface area contributed by atoms with E-state index in [1.807, 2.05) is 0 Å². The SMILES string of the molecule is CC(=S)OCC1COCO1. The van der Waals surface area contributed by atoms with Gasteiger partial charge in [0.25, 0.3) is 0 Å². The van der Waals surface area contributed by atoms with Gasteiger partial charge in [-0.2, -0.15) is 0 Å². The molecule has 0 amide bonds. The maximum absolute atomic E-state index is 5.10. The molecule has 0 aromatic heterocycles. The summed E-state index contributed by atoms with van der Waals surface area (Å²) < 4.78 is 15.1. The van der Waals surface area contributed by atoms with Gasteiger partial charge in [-0.05, 0) is 12.2 Å². The normalized spacial score (nSPS) is 24.7. The van der Waals surface area contributed by atoms with E-state index in [-0.39, 0.29) is 6.10 Å². The zero-order valence-corrected chi connectivity index (χ0v) is 6.65. The molecule has 0 bridgehead atoms. The van der Waals surface area contributed by atoms with Crippen LogP contribution in [0.25, 0.3) is 0 Å². The summed E-state index contributed by atoms with van der Waals surface area (Å²) in [7, 11) is 0. The first-order chi connectivity index (χ1) is 4.79. The van der Waals surface area contributed by atoms with E-state index >= 15 is 0 Å². The van der Waals surface area contributed by atoms with Gasteiger partial charge in [-0.1, -0.05) is 0 Å². The molecule has 1 rings (SSSR count). The molecule has 1 aliphatic rings. The molecule has 1 heterocycles. The van der Waals surface area contributed by atoms with E-state index in [2.05, 4.69) is 0 Å². The molecule has 0 aliphatic carbocycles. The van der Waals surface area contributed by atoms with Crippen LogP contribution < -0.4 is 0 Å². The highest BCUT2D eigenvalue weighted by molar-refractivity contribution is 7.80. The van der Waals surface area contributed by atoms with Crippen LogP contribution in [-0.2, 0) is 14.2 Å². The van der Waals surface area contributed by atoms with Crippen molar-refractivity contribution in [2.45, 2.75) is 13.0 Å². The highest BCUT2D eigenvalue weighted by atomic mass is 32.1. The summed E-state index contributed by atoms with van der Waals surface area (Å²) in [6.45, 7) is 3.24. The average Bonchev–Trinajstić information content (AvgIpc) is 2.34. The second kappa shape index (κ2) is 3.85. The lowest BCUT2D eigenvalue weighted by atomic mass is 10.4. The van der Waals surface area contributed by atoms with Gasteiger partial charge in [-0.25, -0.2) is 0 Å². The van der Waals surface area contributed by atoms with E-state index in [4.69, 9.17) is 26.4 Å². The number of hydrogen-bond donors (Lipinski definition) is 0. The Balaban J connectivity index is 2.07. The highest BCUT2D eigenvalue weighted by Crippen LogP contribution is 2.02. The zero-order chi connectivity index (χ0) is 7.40. The van der Waals surface area contributed by atoms with Gasteiger partial charge in [-0.3, -0.25) is 0 Å².